The zero-order valence-electron chi connectivity index (χ0n) is 31.9. The van der Waals surface area contributed by atoms with Gasteiger partial charge in [0.15, 0.2) is 0 Å². The molecule has 3 aromatic rings. The molecule has 2 aromatic carbocycles. The monoisotopic (exact) mass is 819 g/mol. The van der Waals surface area contributed by atoms with E-state index in [9.17, 15) is 36.4 Å². The Morgan fingerprint density at radius 3 is 2.60 bits per heavy atom. The molecule has 17 heteroatoms. The maximum Gasteiger partial charge on any atom is 0.410 e. The van der Waals surface area contributed by atoms with Crippen LogP contribution in [-0.2, 0) is 48.8 Å². The van der Waals surface area contributed by atoms with Crippen LogP contribution < -0.4 is 20.7 Å². The number of sulfonamides is 1. The van der Waals surface area contributed by atoms with Crippen LogP contribution in [0.4, 0.5) is 19.3 Å². The van der Waals surface area contributed by atoms with E-state index in [2.05, 4.69) is 32.2 Å². The SMILES string of the molecule is C=C[C@@H]1C[C@@]12NC(=O)[C@@H]1C[C@@H](OC(=O)N3Cc4cccc(F)c4C3)CN1C(=O)[C@@H](NCc1ccccn1)CCCCCCCNc1ccc(F)cc1S(=O)(=O)NC2=O. The molecule has 1 saturated carbocycles. The lowest BCUT2D eigenvalue weighted by molar-refractivity contribution is -0.141. The highest BCUT2D eigenvalue weighted by atomic mass is 32.2. The minimum Gasteiger partial charge on any atom is -0.444 e. The number of anilines is 1. The van der Waals surface area contributed by atoms with Crippen molar-refractivity contribution in [2.24, 2.45) is 5.92 Å². The van der Waals surface area contributed by atoms with Gasteiger partial charge in [0.05, 0.1) is 30.5 Å². The predicted octanol–water partition coefficient (Wildman–Crippen LogP) is 4.27. The summed E-state index contributed by atoms with van der Waals surface area (Å²) in [4.78, 5) is 63.0. The van der Waals surface area contributed by atoms with E-state index >= 15 is 0 Å². The zero-order chi connectivity index (χ0) is 41.0. The second-order valence-electron chi connectivity index (χ2n) is 15.3. The van der Waals surface area contributed by atoms with Gasteiger partial charge in [-0.1, -0.05) is 50.0 Å². The van der Waals surface area contributed by atoms with Crippen LogP contribution in [0.2, 0.25) is 0 Å². The third-order valence-electron chi connectivity index (χ3n) is 11.3. The highest BCUT2D eigenvalue weighted by Crippen LogP contribution is 2.45. The van der Waals surface area contributed by atoms with Crippen LogP contribution in [0.5, 0.6) is 0 Å². The average molecular weight is 820 g/mol. The summed E-state index contributed by atoms with van der Waals surface area (Å²) in [5.41, 5.74) is 0.114. The molecule has 1 saturated heterocycles. The Hall–Kier alpha value is -5.42. The molecule has 1 aliphatic carbocycles. The molecule has 14 nitrogen and oxygen atoms in total. The van der Waals surface area contributed by atoms with Crippen molar-refractivity contribution in [1.82, 2.24) is 30.1 Å². The Labute approximate surface area is 335 Å². The van der Waals surface area contributed by atoms with Crippen molar-refractivity contribution in [2.45, 2.75) is 99.6 Å². The van der Waals surface area contributed by atoms with Gasteiger partial charge in [-0.3, -0.25) is 24.3 Å². The summed E-state index contributed by atoms with van der Waals surface area (Å²) in [6.45, 7) is 4.39. The number of hydrogen-bond donors (Lipinski definition) is 4. The molecule has 0 radical (unpaired) electrons. The van der Waals surface area contributed by atoms with Crippen molar-refractivity contribution in [1.29, 1.82) is 0 Å². The third-order valence-corrected chi connectivity index (χ3v) is 12.7. The summed E-state index contributed by atoms with van der Waals surface area (Å²) in [5, 5.41) is 9.11. The quantitative estimate of drug-likeness (QED) is 0.272. The highest BCUT2D eigenvalue weighted by Gasteiger charge is 2.61. The second kappa shape index (κ2) is 17.2. The van der Waals surface area contributed by atoms with Gasteiger partial charge in [-0.2, -0.15) is 0 Å². The number of halogens is 2. The normalized spacial score (nSPS) is 26.3. The molecule has 1 spiro atoms. The van der Waals surface area contributed by atoms with Crippen molar-refractivity contribution in [3.63, 3.8) is 0 Å². The van der Waals surface area contributed by atoms with Crippen LogP contribution in [0.3, 0.4) is 0 Å². The number of nitrogens with one attached hydrogen (secondary N) is 4. The van der Waals surface area contributed by atoms with E-state index in [1.165, 1.54) is 28.0 Å². The van der Waals surface area contributed by atoms with Gasteiger partial charge in [-0.15, -0.1) is 6.58 Å². The average Bonchev–Trinajstić information content (AvgIpc) is 3.49. The maximum absolute atomic E-state index is 14.6. The largest absolute Gasteiger partial charge is 0.444 e. The standard InChI is InChI=1S/C41H47F2N7O7S/c1-2-27-21-41(27)39(53)48-58(55,56)36-19-28(42)15-16-33(36)45-18-8-5-3-4-6-14-34(46-22-29-12-7-9-17-44-29)38(52)50-24-30(20-35(50)37(51)47-41)57-40(54)49-23-26-11-10-13-32(43)31(26)25-49/h2,7,9-13,15-17,19,27,30,34-35,45-46H,1,3-6,8,14,18,20-25H2,(H,47,51)(H,48,53)/t27-,30-,34+,35+,41-/m1/s1. The van der Waals surface area contributed by atoms with E-state index in [1.807, 2.05) is 12.1 Å². The molecule has 4 N–H and O–H groups in total. The molecule has 308 valence electrons. The minimum atomic E-state index is -4.65. The Balaban J connectivity index is 1.17. The van der Waals surface area contributed by atoms with E-state index in [0.29, 0.717) is 42.6 Å². The highest BCUT2D eigenvalue weighted by molar-refractivity contribution is 7.90. The number of fused-ring (bicyclic) bond motifs is 3. The molecule has 0 bridgehead atoms. The fraction of sp³-hybridized carbons (Fsp3) is 0.439. The lowest BCUT2D eigenvalue weighted by atomic mass is 10.0. The molecular weight excluding hydrogens is 773 g/mol. The lowest BCUT2D eigenvalue weighted by Crippen LogP contribution is -2.57. The molecule has 4 aliphatic rings. The van der Waals surface area contributed by atoms with Gasteiger partial charge in [0.25, 0.3) is 15.9 Å². The van der Waals surface area contributed by atoms with Crippen molar-refractivity contribution in [3.8, 4) is 0 Å². The minimum absolute atomic E-state index is 0.00368. The van der Waals surface area contributed by atoms with Crippen LogP contribution >= 0.6 is 0 Å². The topological polar surface area (TPSA) is 179 Å². The number of amides is 4. The number of carbonyl (C=O) groups excluding carboxylic acids is 4. The molecule has 58 heavy (non-hydrogen) atoms. The van der Waals surface area contributed by atoms with Crippen LogP contribution in [0, 0.1) is 17.6 Å². The van der Waals surface area contributed by atoms with E-state index in [1.54, 1.807) is 24.4 Å². The molecule has 5 atom stereocenters. The number of hydrogen-bond acceptors (Lipinski definition) is 10. The van der Waals surface area contributed by atoms with E-state index in [0.717, 1.165) is 31.4 Å². The number of nitrogens with zero attached hydrogens (tertiary/aromatic N) is 3. The van der Waals surface area contributed by atoms with Gasteiger partial charge < -0.3 is 25.6 Å². The Bertz CT molecular complexity index is 2180. The number of benzene rings is 2. The number of aromatic nitrogens is 1. The lowest BCUT2D eigenvalue weighted by Gasteiger charge is -2.30. The number of carbonyl (C=O) groups is 4. The molecule has 3 aliphatic heterocycles. The maximum atomic E-state index is 14.6. The Morgan fingerprint density at radius 2 is 1.84 bits per heavy atom. The molecule has 4 amide bonds. The molecule has 4 heterocycles. The van der Waals surface area contributed by atoms with Gasteiger partial charge in [0, 0.05) is 43.7 Å². The van der Waals surface area contributed by atoms with E-state index < -0.39 is 80.0 Å². The molecule has 0 unspecified atom stereocenters. The van der Waals surface area contributed by atoms with Gasteiger partial charge in [-0.25, -0.2) is 26.7 Å². The van der Waals surface area contributed by atoms with Crippen molar-refractivity contribution < 1.29 is 41.1 Å². The van der Waals surface area contributed by atoms with Crippen molar-refractivity contribution >= 4 is 39.5 Å². The van der Waals surface area contributed by atoms with Crippen LogP contribution in [0.1, 0.15) is 68.2 Å². The van der Waals surface area contributed by atoms with E-state index in [4.69, 9.17) is 4.74 Å². The smallest absolute Gasteiger partial charge is 0.410 e. The molecule has 7 rings (SSSR count). The summed E-state index contributed by atoms with van der Waals surface area (Å²) >= 11 is 0. The summed E-state index contributed by atoms with van der Waals surface area (Å²) < 4.78 is 64.2. The number of rotatable bonds is 5. The van der Waals surface area contributed by atoms with Crippen molar-refractivity contribution in [3.05, 3.63) is 102 Å². The zero-order valence-corrected chi connectivity index (χ0v) is 32.7. The van der Waals surface area contributed by atoms with E-state index in [-0.39, 0.29) is 44.7 Å². The molecular formula is C41H47F2N7O7S. The summed E-state index contributed by atoms with van der Waals surface area (Å²) in [6, 6.07) is 11.3. The summed E-state index contributed by atoms with van der Waals surface area (Å²) in [7, 11) is -4.65. The van der Waals surface area contributed by atoms with Gasteiger partial charge in [0.2, 0.25) is 11.8 Å². The summed E-state index contributed by atoms with van der Waals surface area (Å²) in [5.74, 6) is -4.15. The third kappa shape index (κ3) is 8.84. The molecule has 1 aromatic heterocycles. The first kappa shape index (κ1) is 40.8. The van der Waals surface area contributed by atoms with Gasteiger partial charge in [-0.05, 0) is 61.2 Å². The molecule has 2 fully saturated rings. The number of pyridine rings is 1. The second-order valence-corrected chi connectivity index (χ2v) is 17.0. The first-order valence-electron chi connectivity index (χ1n) is 19.6. The van der Waals surface area contributed by atoms with Crippen LogP contribution in [0.15, 0.2) is 78.3 Å². The Kier molecular flexibility index (Phi) is 12.1. The van der Waals surface area contributed by atoms with Gasteiger partial charge in [0.1, 0.15) is 34.2 Å². The fourth-order valence-electron chi connectivity index (χ4n) is 8.04. The van der Waals surface area contributed by atoms with Crippen LogP contribution in [-0.4, -0.2) is 83.8 Å². The first-order valence-corrected chi connectivity index (χ1v) is 21.1. The fourth-order valence-corrected chi connectivity index (χ4v) is 9.28. The predicted molar refractivity (Wildman–Crippen MR) is 208 cm³/mol. The van der Waals surface area contributed by atoms with Crippen molar-refractivity contribution in [2.75, 3.05) is 18.4 Å². The summed E-state index contributed by atoms with van der Waals surface area (Å²) in [6.07, 6.45) is 5.43. The Morgan fingerprint density at radius 1 is 1.03 bits per heavy atom. The number of ether oxygens (including phenoxy) is 1. The van der Waals surface area contributed by atoms with Crippen LogP contribution in [0.25, 0.3) is 0 Å². The first-order chi connectivity index (χ1) is 27.9. The van der Waals surface area contributed by atoms with Gasteiger partial charge >= 0.3 is 6.09 Å².